The van der Waals surface area contributed by atoms with Crippen LogP contribution in [0.15, 0.2) is 4.79 Å². The van der Waals surface area contributed by atoms with Gasteiger partial charge in [-0.3, -0.25) is 9.78 Å². The van der Waals surface area contributed by atoms with Crippen molar-refractivity contribution in [3.8, 4) is 0 Å². The monoisotopic (exact) mass is 212 g/mol. The average Bonchev–Trinajstić information content (AvgIpc) is 2.54. The van der Waals surface area contributed by atoms with Crippen LogP contribution in [-0.2, 0) is 7.05 Å². The van der Waals surface area contributed by atoms with E-state index in [0.717, 1.165) is 23.9 Å². The Morgan fingerprint density at radius 3 is 2.80 bits per heavy atom. The maximum Gasteiger partial charge on any atom is 0.343 e. The number of hydrogen-bond donors (Lipinski definition) is 2. The van der Waals surface area contributed by atoms with Crippen molar-refractivity contribution in [2.75, 3.05) is 6.54 Å². The molecule has 84 valence electrons. The van der Waals surface area contributed by atoms with Crippen LogP contribution in [0.4, 0.5) is 0 Å². The molecule has 0 spiro atoms. The standard InChI is InChI=1S/C9H16N4O2/c1-3-4-5-6-10-8(14)7-11-9(15)13(2)12-7/h3-6H2,1-2H3,(H,10,14)(H,11,12,15). The fourth-order valence-corrected chi connectivity index (χ4v) is 1.17. The third-order valence-corrected chi connectivity index (χ3v) is 2.05. The molecule has 0 aliphatic rings. The van der Waals surface area contributed by atoms with E-state index in [1.54, 1.807) is 0 Å². The number of unbranched alkanes of at least 4 members (excludes halogenated alkanes) is 2. The lowest BCUT2D eigenvalue weighted by molar-refractivity contribution is 0.0942. The summed E-state index contributed by atoms with van der Waals surface area (Å²) in [7, 11) is 1.49. The fourth-order valence-electron chi connectivity index (χ4n) is 1.17. The number of carbonyl (C=O) groups is 1. The first-order chi connectivity index (χ1) is 7.15. The Labute approximate surface area is 87.7 Å². The van der Waals surface area contributed by atoms with Crippen molar-refractivity contribution in [3.05, 3.63) is 16.3 Å². The molecule has 0 aliphatic carbocycles. The van der Waals surface area contributed by atoms with E-state index in [0.29, 0.717) is 6.54 Å². The molecular weight excluding hydrogens is 196 g/mol. The van der Waals surface area contributed by atoms with Crippen LogP contribution < -0.4 is 11.0 Å². The molecule has 0 saturated carbocycles. The van der Waals surface area contributed by atoms with E-state index in [1.165, 1.54) is 7.05 Å². The van der Waals surface area contributed by atoms with Gasteiger partial charge in [-0.1, -0.05) is 19.8 Å². The summed E-state index contributed by atoms with van der Waals surface area (Å²) in [5.41, 5.74) is -0.381. The molecule has 6 heteroatoms. The van der Waals surface area contributed by atoms with E-state index in [-0.39, 0.29) is 17.4 Å². The summed E-state index contributed by atoms with van der Waals surface area (Å²) in [6.45, 7) is 2.71. The van der Waals surface area contributed by atoms with Crippen LogP contribution >= 0.6 is 0 Å². The molecule has 2 N–H and O–H groups in total. The number of H-pyrrole nitrogens is 1. The van der Waals surface area contributed by atoms with E-state index in [4.69, 9.17) is 0 Å². The zero-order valence-corrected chi connectivity index (χ0v) is 9.04. The Hall–Kier alpha value is -1.59. The van der Waals surface area contributed by atoms with Gasteiger partial charge in [-0.15, -0.1) is 5.10 Å². The second-order valence-corrected chi connectivity index (χ2v) is 3.37. The number of carbonyl (C=O) groups excluding carboxylic acids is 1. The molecule has 0 radical (unpaired) electrons. The number of aromatic amines is 1. The van der Waals surface area contributed by atoms with Crippen LogP contribution in [-0.4, -0.2) is 27.2 Å². The number of amides is 1. The van der Waals surface area contributed by atoms with E-state index in [1.807, 2.05) is 0 Å². The first-order valence-corrected chi connectivity index (χ1v) is 5.06. The summed E-state index contributed by atoms with van der Waals surface area (Å²) in [6.07, 6.45) is 3.13. The molecule has 1 aromatic rings. The zero-order valence-electron chi connectivity index (χ0n) is 9.04. The molecule has 1 heterocycles. The van der Waals surface area contributed by atoms with Crippen molar-refractivity contribution < 1.29 is 4.79 Å². The molecule has 1 aromatic heterocycles. The van der Waals surface area contributed by atoms with E-state index in [2.05, 4.69) is 22.3 Å². The SMILES string of the molecule is CCCCCNC(=O)c1nn(C)c(=O)[nH]1. The summed E-state index contributed by atoms with van der Waals surface area (Å²) in [5.74, 6) is -0.261. The number of aryl methyl sites for hydroxylation is 1. The molecule has 0 aromatic carbocycles. The van der Waals surface area contributed by atoms with Crippen molar-refractivity contribution in [3.63, 3.8) is 0 Å². The smallest absolute Gasteiger partial charge is 0.343 e. The van der Waals surface area contributed by atoms with Crippen LogP contribution in [0.1, 0.15) is 36.8 Å². The van der Waals surface area contributed by atoms with Gasteiger partial charge < -0.3 is 5.32 Å². The molecule has 0 aliphatic heterocycles. The molecule has 15 heavy (non-hydrogen) atoms. The highest BCUT2D eigenvalue weighted by Gasteiger charge is 2.10. The Balaban J connectivity index is 2.44. The van der Waals surface area contributed by atoms with E-state index >= 15 is 0 Å². The molecule has 0 unspecified atom stereocenters. The summed E-state index contributed by atoms with van der Waals surface area (Å²) >= 11 is 0. The van der Waals surface area contributed by atoms with E-state index < -0.39 is 0 Å². The maximum absolute atomic E-state index is 11.4. The average molecular weight is 212 g/mol. The summed E-state index contributed by atoms with van der Waals surface area (Å²) in [6, 6.07) is 0. The van der Waals surface area contributed by atoms with Gasteiger partial charge in [0.2, 0.25) is 5.82 Å². The number of rotatable bonds is 5. The molecule has 0 saturated heterocycles. The third-order valence-electron chi connectivity index (χ3n) is 2.05. The van der Waals surface area contributed by atoms with Gasteiger partial charge in [-0.2, -0.15) is 0 Å². The van der Waals surface area contributed by atoms with Gasteiger partial charge in [-0.05, 0) is 6.42 Å². The minimum atomic E-state index is -0.381. The minimum Gasteiger partial charge on any atom is -0.349 e. The third kappa shape index (κ3) is 3.23. The quantitative estimate of drug-likeness (QED) is 0.676. The fraction of sp³-hybridized carbons (Fsp3) is 0.667. The molecule has 1 rings (SSSR count). The van der Waals surface area contributed by atoms with Crippen molar-refractivity contribution >= 4 is 5.91 Å². The molecule has 0 atom stereocenters. The lowest BCUT2D eigenvalue weighted by atomic mass is 10.2. The van der Waals surface area contributed by atoms with Crippen molar-refractivity contribution in [1.82, 2.24) is 20.1 Å². The lowest BCUT2D eigenvalue weighted by Crippen LogP contribution is -2.25. The molecule has 0 bridgehead atoms. The normalized spacial score (nSPS) is 10.3. The van der Waals surface area contributed by atoms with Crippen LogP contribution in [0.5, 0.6) is 0 Å². The summed E-state index contributed by atoms with van der Waals surface area (Å²) in [5, 5.41) is 6.44. The highest BCUT2D eigenvalue weighted by molar-refractivity contribution is 5.90. The van der Waals surface area contributed by atoms with Gasteiger partial charge in [0.05, 0.1) is 0 Å². The Bertz CT molecular complexity index is 380. The van der Waals surface area contributed by atoms with Crippen molar-refractivity contribution in [1.29, 1.82) is 0 Å². The van der Waals surface area contributed by atoms with Gasteiger partial charge in [0.1, 0.15) is 0 Å². The first-order valence-electron chi connectivity index (χ1n) is 5.06. The maximum atomic E-state index is 11.4. The van der Waals surface area contributed by atoms with Crippen molar-refractivity contribution in [2.45, 2.75) is 26.2 Å². The summed E-state index contributed by atoms with van der Waals surface area (Å²) < 4.78 is 1.10. The number of hydrogen-bond acceptors (Lipinski definition) is 3. The number of nitrogens with one attached hydrogen (secondary N) is 2. The molecular formula is C9H16N4O2. The largest absolute Gasteiger partial charge is 0.349 e. The predicted molar refractivity (Wildman–Crippen MR) is 55.7 cm³/mol. The molecule has 0 fully saturated rings. The first kappa shape index (κ1) is 11.5. The zero-order chi connectivity index (χ0) is 11.3. The van der Waals surface area contributed by atoms with Crippen LogP contribution in [0.3, 0.4) is 0 Å². The van der Waals surface area contributed by atoms with Gasteiger partial charge in [0, 0.05) is 13.6 Å². The molecule has 6 nitrogen and oxygen atoms in total. The second kappa shape index (κ2) is 5.33. The Kier molecular flexibility index (Phi) is 4.08. The number of nitrogens with zero attached hydrogens (tertiary/aromatic N) is 2. The highest BCUT2D eigenvalue weighted by atomic mass is 16.2. The lowest BCUT2D eigenvalue weighted by Gasteiger charge is -2.00. The highest BCUT2D eigenvalue weighted by Crippen LogP contribution is 1.92. The Morgan fingerprint density at radius 2 is 2.27 bits per heavy atom. The van der Waals surface area contributed by atoms with Gasteiger partial charge in [0.15, 0.2) is 0 Å². The molecule has 1 amide bonds. The van der Waals surface area contributed by atoms with Crippen LogP contribution in [0.2, 0.25) is 0 Å². The van der Waals surface area contributed by atoms with Crippen LogP contribution in [0, 0.1) is 0 Å². The predicted octanol–water partition coefficient (Wildman–Crippen LogP) is 0.0284. The van der Waals surface area contributed by atoms with Gasteiger partial charge >= 0.3 is 5.69 Å². The van der Waals surface area contributed by atoms with E-state index in [9.17, 15) is 9.59 Å². The number of aromatic nitrogens is 3. The minimum absolute atomic E-state index is 0.0685. The Morgan fingerprint density at radius 1 is 1.53 bits per heavy atom. The van der Waals surface area contributed by atoms with Crippen molar-refractivity contribution in [2.24, 2.45) is 7.05 Å². The van der Waals surface area contributed by atoms with Gasteiger partial charge in [0.25, 0.3) is 5.91 Å². The van der Waals surface area contributed by atoms with Crippen LogP contribution in [0.25, 0.3) is 0 Å². The topological polar surface area (TPSA) is 79.8 Å². The summed E-state index contributed by atoms with van der Waals surface area (Å²) in [4.78, 5) is 24.8. The van der Waals surface area contributed by atoms with Gasteiger partial charge in [-0.25, -0.2) is 9.48 Å². The second-order valence-electron chi connectivity index (χ2n) is 3.37.